The number of carbonyl (C=O) groups excluding carboxylic acids is 1. The van der Waals surface area contributed by atoms with Crippen molar-refractivity contribution in [2.75, 3.05) is 37.8 Å². The molecule has 1 aromatic carbocycles. The predicted molar refractivity (Wildman–Crippen MR) is 118 cm³/mol. The van der Waals surface area contributed by atoms with Crippen LogP contribution in [0.2, 0.25) is 0 Å². The summed E-state index contributed by atoms with van der Waals surface area (Å²) in [5, 5.41) is 0. The third-order valence-corrected chi connectivity index (χ3v) is 5.49. The molecule has 2 N–H and O–H groups in total. The van der Waals surface area contributed by atoms with Crippen molar-refractivity contribution >= 4 is 17.7 Å². The number of benzene rings is 1. The minimum atomic E-state index is -0.289. The number of rotatable bonds is 4. The number of hydrogen-bond donors (Lipinski definition) is 1. The Morgan fingerprint density at radius 3 is 2.58 bits per heavy atom. The molecular formula is C23H25FN6O. The summed E-state index contributed by atoms with van der Waals surface area (Å²) in [4.78, 5) is 30.0. The second-order valence-corrected chi connectivity index (χ2v) is 7.93. The van der Waals surface area contributed by atoms with E-state index in [4.69, 9.17) is 10.7 Å². The Hall–Kier alpha value is -3.55. The van der Waals surface area contributed by atoms with Crippen molar-refractivity contribution in [3.63, 3.8) is 0 Å². The molecule has 1 aliphatic heterocycles. The van der Waals surface area contributed by atoms with Crippen molar-refractivity contribution in [2.45, 2.75) is 18.8 Å². The molecule has 0 unspecified atom stereocenters. The van der Waals surface area contributed by atoms with Gasteiger partial charge in [0.1, 0.15) is 11.6 Å². The van der Waals surface area contributed by atoms with Crippen molar-refractivity contribution in [2.24, 2.45) is 0 Å². The van der Waals surface area contributed by atoms with Crippen LogP contribution in [0.3, 0.4) is 0 Å². The molecule has 0 saturated carbocycles. The number of pyridine rings is 1. The normalized spacial score (nSPS) is 16.2. The molecule has 0 aliphatic carbocycles. The maximum atomic E-state index is 13.5. The monoisotopic (exact) mass is 420 g/mol. The van der Waals surface area contributed by atoms with Crippen molar-refractivity contribution in [3.8, 4) is 11.1 Å². The van der Waals surface area contributed by atoms with Gasteiger partial charge in [-0.25, -0.2) is 19.3 Å². The Morgan fingerprint density at radius 2 is 1.90 bits per heavy atom. The highest BCUT2D eigenvalue weighted by Crippen LogP contribution is 2.34. The van der Waals surface area contributed by atoms with Gasteiger partial charge in [-0.05, 0) is 42.7 Å². The zero-order valence-electron chi connectivity index (χ0n) is 17.6. The first kappa shape index (κ1) is 20.7. The number of amides is 1. The SMILES string of the molecule is CN(C)c1ncc(-c2ccc(F)cc2)c([C@H]2CCCN(C(=O)c3ccc(N)nc3)C2)n1. The predicted octanol–water partition coefficient (Wildman–Crippen LogP) is 3.35. The molecule has 3 aromatic rings. The largest absolute Gasteiger partial charge is 0.384 e. The van der Waals surface area contributed by atoms with E-state index in [0.717, 1.165) is 29.7 Å². The highest BCUT2D eigenvalue weighted by atomic mass is 19.1. The zero-order valence-corrected chi connectivity index (χ0v) is 17.6. The second-order valence-electron chi connectivity index (χ2n) is 7.93. The molecule has 8 heteroatoms. The molecule has 31 heavy (non-hydrogen) atoms. The van der Waals surface area contributed by atoms with Crippen molar-refractivity contribution in [1.82, 2.24) is 19.9 Å². The van der Waals surface area contributed by atoms with Gasteiger partial charge in [0, 0.05) is 51.1 Å². The lowest BCUT2D eigenvalue weighted by Gasteiger charge is -2.33. The van der Waals surface area contributed by atoms with Crippen LogP contribution in [-0.2, 0) is 0 Å². The summed E-state index contributed by atoms with van der Waals surface area (Å²) in [5.74, 6) is 0.674. The van der Waals surface area contributed by atoms with Crippen LogP contribution in [0.1, 0.15) is 34.8 Å². The van der Waals surface area contributed by atoms with E-state index in [1.54, 1.807) is 30.5 Å². The average molecular weight is 420 g/mol. The molecule has 1 aliphatic rings. The lowest BCUT2D eigenvalue weighted by molar-refractivity contribution is 0.0705. The second kappa shape index (κ2) is 8.67. The van der Waals surface area contributed by atoms with E-state index in [0.29, 0.717) is 30.4 Å². The number of carbonyl (C=O) groups is 1. The Bertz CT molecular complexity index is 1070. The molecule has 3 heterocycles. The molecule has 1 atom stereocenters. The van der Waals surface area contributed by atoms with E-state index in [1.807, 2.05) is 23.9 Å². The first-order valence-electron chi connectivity index (χ1n) is 10.2. The first-order valence-corrected chi connectivity index (χ1v) is 10.2. The third kappa shape index (κ3) is 4.47. The van der Waals surface area contributed by atoms with E-state index in [9.17, 15) is 9.18 Å². The summed E-state index contributed by atoms with van der Waals surface area (Å²) >= 11 is 0. The van der Waals surface area contributed by atoms with E-state index in [1.165, 1.54) is 18.3 Å². The Kier molecular flexibility index (Phi) is 5.79. The van der Waals surface area contributed by atoms with Gasteiger partial charge in [0.05, 0.1) is 11.3 Å². The minimum absolute atomic E-state index is 0.0428. The number of aromatic nitrogens is 3. The molecule has 0 bridgehead atoms. The molecule has 4 rings (SSSR count). The summed E-state index contributed by atoms with van der Waals surface area (Å²) in [7, 11) is 3.78. The van der Waals surface area contributed by atoms with Crippen molar-refractivity contribution in [3.05, 3.63) is 65.9 Å². The van der Waals surface area contributed by atoms with Gasteiger partial charge >= 0.3 is 0 Å². The number of nitrogen functional groups attached to an aromatic ring is 1. The third-order valence-electron chi connectivity index (χ3n) is 5.49. The summed E-state index contributed by atoms with van der Waals surface area (Å²) in [6, 6.07) is 9.67. The van der Waals surface area contributed by atoms with Gasteiger partial charge in [-0.2, -0.15) is 0 Å². The summed E-state index contributed by atoms with van der Waals surface area (Å²) in [6.45, 7) is 1.22. The van der Waals surface area contributed by atoms with E-state index < -0.39 is 0 Å². The van der Waals surface area contributed by atoms with Crippen LogP contribution in [0, 0.1) is 5.82 Å². The number of nitrogens with two attached hydrogens (primary N) is 1. The fourth-order valence-electron chi connectivity index (χ4n) is 3.86. The van der Waals surface area contributed by atoms with Gasteiger partial charge in [-0.15, -0.1) is 0 Å². The highest BCUT2D eigenvalue weighted by Gasteiger charge is 2.29. The summed E-state index contributed by atoms with van der Waals surface area (Å²) in [5.41, 5.74) is 8.75. The molecule has 1 amide bonds. The van der Waals surface area contributed by atoms with Gasteiger partial charge in [-0.3, -0.25) is 4.79 Å². The van der Waals surface area contributed by atoms with Crippen LogP contribution >= 0.6 is 0 Å². The summed E-state index contributed by atoms with van der Waals surface area (Å²) in [6.07, 6.45) is 5.07. The number of nitrogens with zero attached hydrogens (tertiary/aromatic N) is 5. The van der Waals surface area contributed by atoms with Gasteiger partial charge in [-0.1, -0.05) is 12.1 Å². The van der Waals surface area contributed by atoms with Crippen LogP contribution in [0.4, 0.5) is 16.2 Å². The van der Waals surface area contributed by atoms with Crippen LogP contribution in [-0.4, -0.2) is 52.9 Å². The number of anilines is 2. The Morgan fingerprint density at radius 1 is 1.13 bits per heavy atom. The molecule has 2 aromatic heterocycles. The molecule has 1 saturated heterocycles. The van der Waals surface area contributed by atoms with Crippen LogP contribution in [0.5, 0.6) is 0 Å². The van der Waals surface area contributed by atoms with Crippen LogP contribution < -0.4 is 10.6 Å². The van der Waals surface area contributed by atoms with E-state index in [2.05, 4.69) is 9.97 Å². The maximum Gasteiger partial charge on any atom is 0.255 e. The number of piperidine rings is 1. The number of hydrogen-bond acceptors (Lipinski definition) is 6. The lowest BCUT2D eigenvalue weighted by Crippen LogP contribution is -2.39. The zero-order chi connectivity index (χ0) is 22.0. The smallest absolute Gasteiger partial charge is 0.255 e. The number of halogens is 1. The van der Waals surface area contributed by atoms with Gasteiger partial charge in [0.2, 0.25) is 5.95 Å². The molecular weight excluding hydrogens is 395 g/mol. The summed E-state index contributed by atoms with van der Waals surface area (Å²) < 4.78 is 13.5. The molecule has 160 valence electrons. The van der Waals surface area contributed by atoms with Crippen molar-refractivity contribution < 1.29 is 9.18 Å². The van der Waals surface area contributed by atoms with E-state index in [-0.39, 0.29) is 17.6 Å². The topological polar surface area (TPSA) is 88.2 Å². The van der Waals surface area contributed by atoms with Gasteiger partial charge < -0.3 is 15.5 Å². The highest BCUT2D eigenvalue weighted by molar-refractivity contribution is 5.94. The first-order chi connectivity index (χ1) is 14.9. The molecule has 0 spiro atoms. The van der Waals surface area contributed by atoms with Crippen LogP contribution in [0.25, 0.3) is 11.1 Å². The minimum Gasteiger partial charge on any atom is -0.384 e. The standard InChI is InChI=1S/C23H25FN6O/c1-29(2)23-27-13-19(15-5-8-18(24)9-6-15)21(28-23)17-4-3-11-30(14-17)22(31)16-7-10-20(25)26-12-16/h5-10,12-13,17H,3-4,11,14H2,1-2H3,(H2,25,26)/t17-/m0/s1. The molecule has 1 fully saturated rings. The molecule has 7 nitrogen and oxygen atoms in total. The fraction of sp³-hybridized carbons (Fsp3) is 0.304. The van der Waals surface area contributed by atoms with Gasteiger partial charge in [0.25, 0.3) is 5.91 Å². The number of likely N-dealkylation sites (tertiary alicyclic amines) is 1. The van der Waals surface area contributed by atoms with Crippen molar-refractivity contribution in [1.29, 1.82) is 0 Å². The molecule has 0 radical (unpaired) electrons. The Balaban J connectivity index is 1.66. The van der Waals surface area contributed by atoms with Gasteiger partial charge in [0.15, 0.2) is 0 Å². The maximum absolute atomic E-state index is 13.5. The van der Waals surface area contributed by atoms with E-state index >= 15 is 0 Å². The average Bonchev–Trinajstić information content (AvgIpc) is 2.79. The fourth-order valence-corrected chi connectivity index (χ4v) is 3.86. The lowest BCUT2D eigenvalue weighted by atomic mass is 9.89. The van der Waals surface area contributed by atoms with Crippen LogP contribution in [0.15, 0.2) is 48.8 Å². The Labute approximate surface area is 180 Å². The quantitative estimate of drug-likeness (QED) is 0.696.